The predicted molar refractivity (Wildman–Crippen MR) is 81.7 cm³/mol. The van der Waals surface area contributed by atoms with Crippen molar-refractivity contribution in [2.24, 2.45) is 0 Å². The molecular formula is C16H16BrNO. The first-order valence-corrected chi connectivity index (χ1v) is 7.28. The summed E-state index contributed by atoms with van der Waals surface area (Å²) in [6, 6.07) is 12.3. The number of rotatable bonds is 2. The van der Waals surface area contributed by atoms with Crippen molar-refractivity contribution >= 4 is 21.6 Å². The molecule has 0 spiro atoms. The van der Waals surface area contributed by atoms with Crippen molar-refractivity contribution < 1.29 is 5.11 Å². The number of aryl methyl sites for hydroxylation is 1. The fourth-order valence-corrected chi connectivity index (χ4v) is 3.11. The van der Waals surface area contributed by atoms with Gasteiger partial charge in [0.25, 0.3) is 0 Å². The van der Waals surface area contributed by atoms with E-state index in [0.717, 1.165) is 28.6 Å². The number of anilines is 1. The lowest BCUT2D eigenvalue weighted by atomic mass is 10.1. The third-order valence-corrected chi connectivity index (χ3v) is 4.82. The van der Waals surface area contributed by atoms with Crippen LogP contribution in [0.25, 0.3) is 0 Å². The molecule has 3 rings (SSSR count). The molecule has 0 radical (unpaired) electrons. The van der Waals surface area contributed by atoms with Gasteiger partial charge in [-0.2, -0.15) is 0 Å². The van der Waals surface area contributed by atoms with E-state index in [2.05, 4.69) is 52.4 Å². The topological polar surface area (TPSA) is 32.3 Å². The van der Waals surface area contributed by atoms with Gasteiger partial charge in [-0.3, -0.25) is 0 Å². The molecule has 0 heterocycles. The third kappa shape index (κ3) is 2.23. The third-order valence-electron chi connectivity index (χ3n) is 3.77. The standard InChI is InChI=1S/C16H16BrNO/c1-10-4-2-6-14(16(10)17)18-13-9-8-12-11(13)5-3-7-15(12)19/h2-7,13,18-19H,8-9H2,1H3. The van der Waals surface area contributed by atoms with Crippen molar-refractivity contribution in [1.82, 2.24) is 0 Å². The van der Waals surface area contributed by atoms with E-state index < -0.39 is 0 Å². The van der Waals surface area contributed by atoms with Crippen LogP contribution in [0.3, 0.4) is 0 Å². The SMILES string of the molecule is Cc1cccc(NC2CCc3c(O)cccc32)c1Br. The zero-order valence-corrected chi connectivity index (χ0v) is 12.4. The average molecular weight is 318 g/mol. The molecule has 1 aliphatic carbocycles. The maximum absolute atomic E-state index is 9.88. The Balaban J connectivity index is 1.91. The summed E-state index contributed by atoms with van der Waals surface area (Å²) in [5, 5.41) is 13.5. The molecule has 1 aliphatic rings. The Morgan fingerprint density at radius 3 is 2.84 bits per heavy atom. The molecule has 3 heteroatoms. The van der Waals surface area contributed by atoms with Crippen LogP contribution in [0.2, 0.25) is 0 Å². The number of hydrogen-bond donors (Lipinski definition) is 2. The highest BCUT2D eigenvalue weighted by atomic mass is 79.9. The fourth-order valence-electron chi connectivity index (χ4n) is 2.73. The molecular weight excluding hydrogens is 302 g/mol. The van der Waals surface area contributed by atoms with Crippen molar-refractivity contribution in [3.05, 3.63) is 57.6 Å². The van der Waals surface area contributed by atoms with Gasteiger partial charge in [-0.15, -0.1) is 0 Å². The highest BCUT2D eigenvalue weighted by Crippen LogP contribution is 2.39. The fraction of sp³-hybridized carbons (Fsp3) is 0.250. The van der Waals surface area contributed by atoms with Gasteiger partial charge in [-0.1, -0.05) is 24.3 Å². The largest absolute Gasteiger partial charge is 0.508 e. The Hall–Kier alpha value is -1.48. The molecule has 1 atom stereocenters. The Morgan fingerprint density at radius 2 is 2.00 bits per heavy atom. The molecule has 0 amide bonds. The lowest BCUT2D eigenvalue weighted by molar-refractivity contribution is 0.469. The summed E-state index contributed by atoms with van der Waals surface area (Å²) >= 11 is 3.63. The van der Waals surface area contributed by atoms with Crippen LogP contribution < -0.4 is 5.32 Å². The zero-order chi connectivity index (χ0) is 13.4. The first-order chi connectivity index (χ1) is 9.16. The molecule has 19 heavy (non-hydrogen) atoms. The minimum absolute atomic E-state index is 0.278. The van der Waals surface area contributed by atoms with E-state index in [1.54, 1.807) is 6.07 Å². The summed E-state index contributed by atoms with van der Waals surface area (Å²) < 4.78 is 1.11. The summed E-state index contributed by atoms with van der Waals surface area (Å²) in [4.78, 5) is 0. The maximum Gasteiger partial charge on any atom is 0.119 e. The summed E-state index contributed by atoms with van der Waals surface area (Å²) in [7, 11) is 0. The number of fused-ring (bicyclic) bond motifs is 1. The van der Waals surface area contributed by atoms with Gasteiger partial charge in [0.05, 0.1) is 6.04 Å². The minimum atomic E-state index is 0.278. The van der Waals surface area contributed by atoms with Crippen LogP contribution in [0.15, 0.2) is 40.9 Å². The van der Waals surface area contributed by atoms with Crippen LogP contribution in [0.4, 0.5) is 5.69 Å². The average Bonchev–Trinajstić information content (AvgIpc) is 2.80. The second-order valence-corrected chi connectivity index (χ2v) is 5.81. The molecule has 2 N–H and O–H groups in total. The van der Waals surface area contributed by atoms with Gasteiger partial charge in [0.15, 0.2) is 0 Å². The van der Waals surface area contributed by atoms with Gasteiger partial charge in [0.2, 0.25) is 0 Å². The number of phenolic OH excluding ortho intramolecular Hbond substituents is 1. The van der Waals surface area contributed by atoms with Crippen LogP contribution in [-0.4, -0.2) is 5.11 Å². The van der Waals surface area contributed by atoms with Crippen molar-refractivity contribution in [2.45, 2.75) is 25.8 Å². The summed E-state index contributed by atoms with van der Waals surface area (Å²) in [6.07, 6.45) is 1.95. The Kier molecular flexibility index (Phi) is 3.23. The molecule has 2 nitrogen and oxygen atoms in total. The van der Waals surface area contributed by atoms with Crippen molar-refractivity contribution in [2.75, 3.05) is 5.32 Å². The highest BCUT2D eigenvalue weighted by molar-refractivity contribution is 9.10. The van der Waals surface area contributed by atoms with E-state index in [1.807, 2.05) is 6.07 Å². The number of aromatic hydroxyl groups is 1. The smallest absolute Gasteiger partial charge is 0.119 e. The van der Waals surface area contributed by atoms with Crippen LogP contribution in [0, 0.1) is 6.92 Å². The van der Waals surface area contributed by atoms with Gasteiger partial charge in [-0.05, 0) is 64.5 Å². The van der Waals surface area contributed by atoms with Gasteiger partial charge < -0.3 is 10.4 Å². The Morgan fingerprint density at radius 1 is 1.21 bits per heavy atom. The number of halogens is 1. The minimum Gasteiger partial charge on any atom is -0.508 e. The summed E-state index contributed by atoms with van der Waals surface area (Å²) in [5.41, 5.74) is 4.64. The van der Waals surface area contributed by atoms with Gasteiger partial charge in [0.1, 0.15) is 5.75 Å². The predicted octanol–water partition coefficient (Wildman–Crippen LogP) is 4.56. The summed E-state index contributed by atoms with van der Waals surface area (Å²) in [6.45, 7) is 2.09. The molecule has 0 saturated carbocycles. The van der Waals surface area contributed by atoms with E-state index in [4.69, 9.17) is 0 Å². The van der Waals surface area contributed by atoms with E-state index in [-0.39, 0.29) is 6.04 Å². The maximum atomic E-state index is 9.88. The van der Waals surface area contributed by atoms with E-state index in [0.29, 0.717) is 5.75 Å². The Labute approximate surface area is 121 Å². The van der Waals surface area contributed by atoms with Crippen LogP contribution in [0.5, 0.6) is 5.75 Å². The monoisotopic (exact) mass is 317 g/mol. The van der Waals surface area contributed by atoms with E-state index in [1.165, 1.54) is 11.1 Å². The number of hydrogen-bond acceptors (Lipinski definition) is 2. The number of nitrogens with one attached hydrogen (secondary N) is 1. The molecule has 0 bridgehead atoms. The van der Waals surface area contributed by atoms with Crippen molar-refractivity contribution in [3.8, 4) is 5.75 Å². The molecule has 98 valence electrons. The van der Waals surface area contributed by atoms with E-state index >= 15 is 0 Å². The molecule has 0 aliphatic heterocycles. The van der Waals surface area contributed by atoms with Gasteiger partial charge in [-0.25, -0.2) is 0 Å². The molecule has 0 fully saturated rings. The molecule has 2 aromatic rings. The van der Waals surface area contributed by atoms with Crippen molar-refractivity contribution in [1.29, 1.82) is 0 Å². The lowest BCUT2D eigenvalue weighted by Gasteiger charge is -2.17. The summed E-state index contributed by atoms with van der Waals surface area (Å²) in [5.74, 6) is 0.421. The number of phenols is 1. The normalized spacial score (nSPS) is 17.3. The molecule has 2 aromatic carbocycles. The van der Waals surface area contributed by atoms with Crippen molar-refractivity contribution in [3.63, 3.8) is 0 Å². The molecule has 0 aromatic heterocycles. The highest BCUT2D eigenvalue weighted by Gasteiger charge is 2.24. The number of benzene rings is 2. The molecule has 1 unspecified atom stereocenters. The Bertz CT molecular complexity index is 624. The second-order valence-electron chi connectivity index (χ2n) is 5.02. The van der Waals surface area contributed by atoms with E-state index in [9.17, 15) is 5.11 Å². The first-order valence-electron chi connectivity index (χ1n) is 6.49. The zero-order valence-electron chi connectivity index (χ0n) is 10.8. The van der Waals surface area contributed by atoms with Gasteiger partial charge >= 0.3 is 0 Å². The second kappa shape index (κ2) is 4.89. The van der Waals surface area contributed by atoms with Crippen LogP contribution >= 0.6 is 15.9 Å². The quantitative estimate of drug-likeness (QED) is 0.850. The lowest BCUT2D eigenvalue weighted by Crippen LogP contribution is -2.07. The molecule has 0 saturated heterocycles. The van der Waals surface area contributed by atoms with Gasteiger partial charge in [0, 0.05) is 10.2 Å². The first kappa shape index (κ1) is 12.5. The van der Waals surface area contributed by atoms with Crippen LogP contribution in [-0.2, 0) is 6.42 Å². The van der Waals surface area contributed by atoms with Crippen LogP contribution in [0.1, 0.15) is 29.2 Å².